The third kappa shape index (κ3) is 4.68. The smallest absolute Gasteiger partial charge is 0.256 e. The highest BCUT2D eigenvalue weighted by Gasteiger charge is 2.29. The van der Waals surface area contributed by atoms with Crippen molar-refractivity contribution in [3.05, 3.63) is 66.0 Å². The Hall–Kier alpha value is -3.85. The standard InChI is InChI=1S/C24H26N8O/c1-17-5-4-6-18(13-17)15-26-29-20-14-21(31-11-12-33-24(2,3)16-31)32-23(27-20)28-22(30-32)19-7-9-25-10-8-19/h4-10,13-15H,11-12,16H2,1-3H3,(H,27,28,29,30)/b26-15+. The van der Waals surface area contributed by atoms with E-state index in [1.165, 1.54) is 5.56 Å². The predicted octanol–water partition coefficient (Wildman–Crippen LogP) is 3.56. The van der Waals surface area contributed by atoms with E-state index < -0.39 is 0 Å². The third-order valence-corrected chi connectivity index (χ3v) is 5.42. The summed E-state index contributed by atoms with van der Waals surface area (Å²) in [5.41, 5.74) is 5.88. The number of anilines is 2. The second kappa shape index (κ2) is 8.59. The van der Waals surface area contributed by atoms with Crippen LogP contribution in [-0.4, -0.2) is 56.1 Å². The van der Waals surface area contributed by atoms with Gasteiger partial charge in [0.1, 0.15) is 5.82 Å². The molecule has 0 radical (unpaired) electrons. The molecular formula is C24H26N8O. The number of nitrogens with one attached hydrogen (secondary N) is 1. The number of ether oxygens (including phenoxy) is 1. The van der Waals surface area contributed by atoms with E-state index in [-0.39, 0.29) is 5.60 Å². The Bertz CT molecular complexity index is 1300. The molecule has 33 heavy (non-hydrogen) atoms. The van der Waals surface area contributed by atoms with E-state index in [2.05, 4.69) is 63.3 Å². The molecule has 0 bridgehead atoms. The maximum absolute atomic E-state index is 5.91. The van der Waals surface area contributed by atoms with Gasteiger partial charge >= 0.3 is 0 Å². The molecule has 1 aromatic carbocycles. The third-order valence-electron chi connectivity index (χ3n) is 5.42. The lowest BCUT2D eigenvalue weighted by Crippen LogP contribution is -2.49. The molecule has 1 aliphatic heterocycles. The molecular weight excluding hydrogens is 416 g/mol. The first-order chi connectivity index (χ1) is 16.0. The van der Waals surface area contributed by atoms with Gasteiger partial charge in [-0.3, -0.25) is 10.4 Å². The topological polar surface area (TPSA) is 92.8 Å². The van der Waals surface area contributed by atoms with Gasteiger partial charge in [0.05, 0.1) is 18.4 Å². The molecule has 9 nitrogen and oxygen atoms in total. The number of hydrazone groups is 1. The summed E-state index contributed by atoms with van der Waals surface area (Å²) in [7, 11) is 0. The number of morpholine rings is 1. The molecule has 1 saturated heterocycles. The summed E-state index contributed by atoms with van der Waals surface area (Å²) in [6, 6.07) is 13.9. The largest absolute Gasteiger partial charge is 0.372 e. The van der Waals surface area contributed by atoms with E-state index in [0.717, 1.165) is 30.0 Å². The summed E-state index contributed by atoms with van der Waals surface area (Å²) in [5.74, 6) is 2.58. The van der Waals surface area contributed by atoms with Crippen molar-refractivity contribution in [3.63, 3.8) is 0 Å². The first-order valence-corrected chi connectivity index (χ1v) is 10.9. The molecule has 168 valence electrons. The molecule has 1 N–H and O–H groups in total. The van der Waals surface area contributed by atoms with Crippen LogP contribution in [0.1, 0.15) is 25.0 Å². The number of aromatic nitrogens is 5. The normalized spacial score (nSPS) is 15.9. The summed E-state index contributed by atoms with van der Waals surface area (Å²) in [4.78, 5) is 15.7. The second-order valence-corrected chi connectivity index (χ2v) is 8.70. The number of fused-ring (bicyclic) bond motifs is 1. The highest BCUT2D eigenvalue weighted by Crippen LogP contribution is 2.26. The van der Waals surface area contributed by atoms with Crippen molar-refractivity contribution in [2.24, 2.45) is 5.10 Å². The molecule has 0 saturated carbocycles. The molecule has 4 aromatic rings. The maximum Gasteiger partial charge on any atom is 0.256 e. The first kappa shape index (κ1) is 21.0. The van der Waals surface area contributed by atoms with Crippen molar-refractivity contribution >= 4 is 23.6 Å². The van der Waals surface area contributed by atoms with Gasteiger partial charge < -0.3 is 9.64 Å². The fraction of sp³-hybridized carbons (Fsp3) is 0.292. The summed E-state index contributed by atoms with van der Waals surface area (Å²) in [6.07, 6.45) is 5.24. The summed E-state index contributed by atoms with van der Waals surface area (Å²) >= 11 is 0. The van der Waals surface area contributed by atoms with Crippen LogP contribution in [0.25, 0.3) is 17.2 Å². The Kier molecular flexibility index (Phi) is 5.47. The number of hydrogen-bond donors (Lipinski definition) is 1. The summed E-state index contributed by atoms with van der Waals surface area (Å²) < 4.78 is 7.69. The van der Waals surface area contributed by atoms with Crippen LogP contribution in [0.2, 0.25) is 0 Å². The average molecular weight is 443 g/mol. The van der Waals surface area contributed by atoms with Gasteiger partial charge in [-0.1, -0.05) is 29.8 Å². The van der Waals surface area contributed by atoms with Gasteiger partial charge in [-0.2, -0.15) is 19.6 Å². The molecule has 0 amide bonds. The van der Waals surface area contributed by atoms with Gasteiger partial charge in [0.2, 0.25) is 0 Å². The van der Waals surface area contributed by atoms with Crippen LogP contribution in [0.5, 0.6) is 0 Å². The number of rotatable bonds is 5. The highest BCUT2D eigenvalue weighted by atomic mass is 16.5. The number of hydrogen-bond acceptors (Lipinski definition) is 8. The van der Waals surface area contributed by atoms with Crippen molar-refractivity contribution in [3.8, 4) is 11.4 Å². The minimum absolute atomic E-state index is 0.265. The Labute approximate surface area is 192 Å². The fourth-order valence-corrected chi connectivity index (χ4v) is 3.89. The molecule has 4 heterocycles. The lowest BCUT2D eigenvalue weighted by atomic mass is 10.1. The van der Waals surface area contributed by atoms with Gasteiger partial charge in [0.15, 0.2) is 11.6 Å². The lowest BCUT2D eigenvalue weighted by molar-refractivity contribution is -0.0280. The SMILES string of the molecule is Cc1cccc(/C=N/Nc2cc(N3CCOC(C)(C)C3)n3nc(-c4ccncc4)nc3n2)c1. The molecule has 9 heteroatoms. The lowest BCUT2D eigenvalue weighted by Gasteiger charge is -2.39. The van der Waals surface area contributed by atoms with E-state index in [9.17, 15) is 0 Å². The zero-order valence-electron chi connectivity index (χ0n) is 18.9. The number of benzene rings is 1. The van der Waals surface area contributed by atoms with E-state index in [1.54, 1.807) is 23.1 Å². The van der Waals surface area contributed by atoms with Gasteiger partial charge in [-0.05, 0) is 38.5 Å². The van der Waals surface area contributed by atoms with Crippen LogP contribution in [0.15, 0.2) is 60.0 Å². The highest BCUT2D eigenvalue weighted by molar-refractivity contribution is 5.80. The van der Waals surface area contributed by atoms with Gasteiger partial charge in [-0.25, -0.2) is 0 Å². The van der Waals surface area contributed by atoms with E-state index in [1.807, 2.05) is 30.3 Å². The molecule has 0 aliphatic carbocycles. The van der Waals surface area contributed by atoms with Gasteiger partial charge in [0.25, 0.3) is 5.78 Å². The number of nitrogens with zero attached hydrogens (tertiary/aromatic N) is 7. The second-order valence-electron chi connectivity index (χ2n) is 8.70. The van der Waals surface area contributed by atoms with E-state index in [4.69, 9.17) is 9.84 Å². The number of aryl methyl sites for hydroxylation is 1. The Morgan fingerprint density at radius 1 is 1.12 bits per heavy atom. The molecule has 0 atom stereocenters. The quantitative estimate of drug-likeness (QED) is 0.373. The molecule has 1 aliphatic rings. The molecule has 0 unspecified atom stereocenters. The zero-order valence-corrected chi connectivity index (χ0v) is 18.9. The van der Waals surface area contributed by atoms with Crippen molar-refractivity contribution < 1.29 is 4.74 Å². The van der Waals surface area contributed by atoms with Crippen molar-refractivity contribution in [1.29, 1.82) is 0 Å². The summed E-state index contributed by atoms with van der Waals surface area (Å²) in [6.45, 7) is 8.35. The minimum atomic E-state index is -0.265. The van der Waals surface area contributed by atoms with Crippen LogP contribution in [0.4, 0.5) is 11.6 Å². The summed E-state index contributed by atoms with van der Waals surface area (Å²) in [5, 5.41) is 9.14. The van der Waals surface area contributed by atoms with E-state index >= 15 is 0 Å². The van der Waals surface area contributed by atoms with Crippen molar-refractivity contribution in [2.45, 2.75) is 26.4 Å². The van der Waals surface area contributed by atoms with Gasteiger partial charge in [-0.15, -0.1) is 5.10 Å². The Balaban J connectivity index is 1.52. The van der Waals surface area contributed by atoms with Crippen molar-refractivity contribution in [1.82, 2.24) is 24.6 Å². The van der Waals surface area contributed by atoms with Crippen molar-refractivity contribution in [2.75, 3.05) is 30.0 Å². The van der Waals surface area contributed by atoms with Crippen LogP contribution in [-0.2, 0) is 4.74 Å². The van der Waals surface area contributed by atoms with Crippen LogP contribution >= 0.6 is 0 Å². The maximum atomic E-state index is 5.91. The zero-order chi connectivity index (χ0) is 22.8. The molecule has 3 aromatic heterocycles. The molecule has 1 fully saturated rings. The monoisotopic (exact) mass is 442 g/mol. The van der Waals surface area contributed by atoms with Crippen LogP contribution in [0, 0.1) is 6.92 Å². The fourth-order valence-electron chi connectivity index (χ4n) is 3.89. The first-order valence-electron chi connectivity index (χ1n) is 10.9. The molecule has 5 rings (SSSR count). The van der Waals surface area contributed by atoms with Crippen LogP contribution < -0.4 is 10.3 Å². The predicted molar refractivity (Wildman–Crippen MR) is 129 cm³/mol. The van der Waals surface area contributed by atoms with Gasteiger partial charge in [0, 0.05) is 37.1 Å². The van der Waals surface area contributed by atoms with Crippen LogP contribution in [0.3, 0.4) is 0 Å². The number of pyridine rings is 1. The average Bonchev–Trinajstić information content (AvgIpc) is 3.23. The minimum Gasteiger partial charge on any atom is -0.372 e. The Morgan fingerprint density at radius 3 is 2.76 bits per heavy atom. The Morgan fingerprint density at radius 2 is 1.97 bits per heavy atom. The van der Waals surface area contributed by atoms with E-state index in [0.29, 0.717) is 24.0 Å². The molecule has 0 spiro atoms.